The second kappa shape index (κ2) is 6.36. The maximum atomic E-state index is 11.1. The predicted octanol–water partition coefficient (Wildman–Crippen LogP) is 3.40. The summed E-state index contributed by atoms with van der Waals surface area (Å²) >= 11 is 12.0. The summed E-state index contributed by atoms with van der Waals surface area (Å²) in [6, 6.07) is 8.40. The smallest absolute Gasteiger partial charge is 0.325 e. The number of carbonyl (C=O) groups is 1. The molecule has 0 bridgehead atoms. The Morgan fingerprint density at radius 3 is 2.35 bits per heavy atom. The number of hydrogen-bond acceptors (Lipinski definition) is 4. The number of pyridine rings is 1. The summed E-state index contributed by atoms with van der Waals surface area (Å²) in [6.45, 7) is -0.322. The van der Waals surface area contributed by atoms with Gasteiger partial charge in [0.2, 0.25) is 0 Å². The summed E-state index contributed by atoms with van der Waals surface area (Å²) in [5.74, 6) is -0.242. The minimum Gasteiger partial charge on any atom is -0.480 e. The largest absolute Gasteiger partial charge is 0.480 e. The maximum Gasteiger partial charge on any atom is 0.325 e. The van der Waals surface area contributed by atoms with Crippen molar-refractivity contribution in [1.29, 1.82) is 0 Å². The fourth-order valence-electron chi connectivity index (χ4n) is 2.10. The molecule has 0 saturated heterocycles. The zero-order chi connectivity index (χ0) is 16.4. The van der Waals surface area contributed by atoms with Crippen molar-refractivity contribution in [3.63, 3.8) is 0 Å². The number of hydrogen-bond donors (Lipinski definition) is 1. The summed E-state index contributed by atoms with van der Waals surface area (Å²) in [4.78, 5) is 19.4. The second-order valence-electron chi connectivity index (χ2n) is 4.70. The van der Waals surface area contributed by atoms with Crippen LogP contribution in [0.5, 0.6) is 0 Å². The van der Waals surface area contributed by atoms with E-state index in [0.29, 0.717) is 27.3 Å². The van der Waals surface area contributed by atoms with Crippen LogP contribution in [0.4, 0.5) is 0 Å². The lowest BCUT2D eigenvalue weighted by Gasteiger charge is -2.04. The highest BCUT2D eigenvalue weighted by Crippen LogP contribution is 2.28. The van der Waals surface area contributed by atoms with Crippen LogP contribution in [-0.2, 0) is 11.3 Å². The fraction of sp³-hybridized carbons (Fsp3) is 0.0667. The summed E-state index contributed by atoms with van der Waals surface area (Å²) in [5, 5.41) is 14.2. The van der Waals surface area contributed by atoms with Gasteiger partial charge in [0.1, 0.15) is 6.54 Å². The van der Waals surface area contributed by atoms with Gasteiger partial charge in [0.25, 0.3) is 0 Å². The van der Waals surface area contributed by atoms with Gasteiger partial charge in [-0.1, -0.05) is 23.2 Å². The molecule has 0 atom stereocenters. The van der Waals surface area contributed by atoms with Crippen molar-refractivity contribution < 1.29 is 9.90 Å². The Labute approximate surface area is 141 Å². The molecule has 1 aromatic carbocycles. The highest BCUT2D eigenvalue weighted by Gasteiger charge is 2.16. The lowest BCUT2D eigenvalue weighted by Crippen LogP contribution is -2.11. The summed E-state index contributed by atoms with van der Waals surface area (Å²) < 4.78 is 1.31. The molecular formula is C15H10Cl2N4O2. The first-order valence-electron chi connectivity index (χ1n) is 6.56. The quantitative estimate of drug-likeness (QED) is 0.781. The molecule has 23 heavy (non-hydrogen) atoms. The third kappa shape index (κ3) is 3.49. The average Bonchev–Trinajstić information content (AvgIpc) is 2.90. The summed E-state index contributed by atoms with van der Waals surface area (Å²) in [5.41, 5.74) is 1.33. The number of aliphatic carboxylic acids is 1. The summed E-state index contributed by atoms with van der Waals surface area (Å²) in [7, 11) is 0. The van der Waals surface area contributed by atoms with E-state index in [9.17, 15) is 4.79 Å². The van der Waals surface area contributed by atoms with E-state index in [1.165, 1.54) is 4.68 Å². The van der Waals surface area contributed by atoms with Gasteiger partial charge in [0.15, 0.2) is 11.6 Å². The third-order valence-corrected chi connectivity index (χ3v) is 3.45. The molecule has 3 aromatic rings. The molecule has 0 saturated carbocycles. The number of aromatic nitrogens is 4. The number of benzene rings is 1. The molecule has 1 N–H and O–H groups in total. The van der Waals surface area contributed by atoms with E-state index < -0.39 is 5.97 Å². The maximum absolute atomic E-state index is 11.1. The van der Waals surface area contributed by atoms with Crippen molar-refractivity contribution in [2.24, 2.45) is 0 Å². The van der Waals surface area contributed by atoms with Gasteiger partial charge in [0, 0.05) is 33.6 Å². The van der Waals surface area contributed by atoms with E-state index in [1.807, 2.05) is 0 Å². The Morgan fingerprint density at radius 1 is 1.09 bits per heavy atom. The van der Waals surface area contributed by atoms with Gasteiger partial charge in [0.05, 0.1) is 0 Å². The van der Waals surface area contributed by atoms with Crippen molar-refractivity contribution in [3.8, 4) is 22.8 Å². The molecule has 6 nitrogen and oxygen atoms in total. The third-order valence-electron chi connectivity index (χ3n) is 3.02. The highest BCUT2D eigenvalue weighted by atomic mass is 35.5. The minimum absolute atomic E-state index is 0.322. The molecule has 2 aromatic heterocycles. The van der Waals surface area contributed by atoms with Crippen molar-refractivity contribution in [2.45, 2.75) is 6.54 Å². The van der Waals surface area contributed by atoms with Crippen LogP contribution in [0.15, 0.2) is 42.7 Å². The first-order chi connectivity index (χ1) is 11.0. The first-order valence-corrected chi connectivity index (χ1v) is 7.32. The van der Waals surface area contributed by atoms with Crippen LogP contribution >= 0.6 is 23.2 Å². The van der Waals surface area contributed by atoms with Crippen molar-refractivity contribution in [1.82, 2.24) is 19.7 Å². The lowest BCUT2D eigenvalue weighted by molar-refractivity contribution is -0.137. The molecular weight excluding hydrogens is 339 g/mol. The number of carboxylic acid groups (broad SMARTS) is 1. The number of carboxylic acids is 1. The highest BCUT2D eigenvalue weighted by molar-refractivity contribution is 6.35. The molecule has 116 valence electrons. The first kappa shape index (κ1) is 15.5. The van der Waals surface area contributed by atoms with Crippen LogP contribution < -0.4 is 0 Å². The normalized spacial score (nSPS) is 10.7. The minimum atomic E-state index is -1.02. The van der Waals surface area contributed by atoms with Crippen LogP contribution in [0.3, 0.4) is 0 Å². The number of halogens is 2. The van der Waals surface area contributed by atoms with Crippen molar-refractivity contribution in [2.75, 3.05) is 0 Å². The molecule has 0 aliphatic rings. The Kier molecular flexibility index (Phi) is 4.27. The van der Waals surface area contributed by atoms with E-state index in [0.717, 1.165) is 5.56 Å². The van der Waals surface area contributed by atoms with Crippen LogP contribution in [0.1, 0.15) is 0 Å². The van der Waals surface area contributed by atoms with E-state index in [2.05, 4.69) is 15.1 Å². The Hall–Kier alpha value is -2.44. The van der Waals surface area contributed by atoms with Gasteiger partial charge >= 0.3 is 5.97 Å². The number of rotatable bonds is 4. The predicted molar refractivity (Wildman–Crippen MR) is 86.3 cm³/mol. The van der Waals surface area contributed by atoms with Crippen molar-refractivity contribution >= 4 is 29.2 Å². The Bertz CT molecular complexity index is 845. The van der Waals surface area contributed by atoms with Gasteiger partial charge in [-0.15, -0.1) is 5.10 Å². The van der Waals surface area contributed by atoms with Crippen molar-refractivity contribution in [3.05, 3.63) is 52.8 Å². The molecule has 0 radical (unpaired) electrons. The molecule has 0 spiro atoms. The molecule has 0 aliphatic carbocycles. The fourth-order valence-corrected chi connectivity index (χ4v) is 2.63. The molecule has 2 heterocycles. The standard InChI is InChI=1S/C15H10Cl2N4O2/c16-11-5-10(6-12(17)7-11)15-19-14(9-1-3-18-4-2-9)20-21(15)8-13(22)23/h1-7H,8H2,(H,22,23). The van der Waals surface area contributed by atoms with Gasteiger partial charge in [-0.05, 0) is 30.3 Å². The Morgan fingerprint density at radius 2 is 1.74 bits per heavy atom. The monoisotopic (exact) mass is 348 g/mol. The van der Waals surface area contributed by atoms with E-state index in [-0.39, 0.29) is 6.54 Å². The molecule has 0 amide bonds. The van der Waals surface area contributed by atoms with E-state index >= 15 is 0 Å². The molecule has 0 fully saturated rings. The van der Waals surface area contributed by atoms with Gasteiger partial charge in [-0.3, -0.25) is 9.78 Å². The molecule has 0 unspecified atom stereocenters. The number of nitrogens with zero attached hydrogens (tertiary/aromatic N) is 4. The van der Waals surface area contributed by atoms with Gasteiger partial charge in [-0.25, -0.2) is 9.67 Å². The molecule has 0 aliphatic heterocycles. The zero-order valence-electron chi connectivity index (χ0n) is 11.6. The van der Waals surface area contributed by atoms with Crippen LogP contribution in [0.25, 0.3) is 22.8 Å². The Balaban J connectivity index is 2.14. The molecule has 8 heteroatoms. The average molecular weight is 349 g/mol. The SMILES string of the molecule is O=C(O)Cn1nc(-c2ccncc2)nc1-c1cc(Cl)cc(Cl)c1. The van der Waals surface area contributed by atoms with E-state index in [1.54, 1.807) is 42.7 Å². The summed E-state index contributed by atoms with van der Waals surface area (Å²) in [6.07, 6.45) is 3.23. The topological polar surface area (TPSA) is 80.9 Å². The van der Waals surface area contributed by atoms with Crippen LogP contribution in [0, 0.1) is 0 Å². The van der Waals surface area contributed by atoms with Crippen LogP contribution in [-0.4, -0.2) is 30.8 Å². The lowest BCUT2D eigenvalue weighted by atomic mass is 10.2. The van der Waals surface area contributed by atoms with E-state index in [4.69, 9.17) is 28.3 Å². The van der Waals surface area contributed by atoms with Gasteiger partial charge in [-0.2, -0.15) is 0 Å². The molecule has 3 rings (SSSR count). The zero-order valence-corrected chi connectivity index (χ0v) is 13.2. The van der Waals surface area contributed by atoms with Gasteiger partial charge < -0.3 is 5.11 Å². The van der Waals surface area contributed by atoms with Crippen LogP contribution in [0.2, 0.25) is 10.0 Å². The second-order valence-corrected chi connectivity index (χ2v) is 5.58.